The molecule has 0 spiro atoms. The van der Waals surface area contributed by atoms with Crippen LogP contribution in [0.5, 0.6) is 0 Å². The largest absolute Gasteiger partial charge is 0.383 e. The van der Waals surface area contributed by atoms with Crippen LogP contribution in [-0.4, -0.2) is 36.2 Å². The molecule has 0 saturated carbocycles. The zero-order chi connectivity index (χ0) is 18.1. The molecular formula is C19H22N4OS. The summed E-state index contributed by atoms with van der Waals surface area (Å²) in [5, 5.41) is 13.5. The van der Waals surface area contributed by atoms with Gasteiger partial charge in [0.15, 0.2) is 5.78 Å². The monoisotopic (exact) mass is 354 g/mol. The van der Waals surface area contributed by atoms with Crippen molar-refractivity contribution >= 4 is 17.5 Å². The van der Waals surface area contributed by atoms with E-state index in [1.165, 1.54) is 0 Å². The molecule has 1 atom stereocenters. The van der Waals surface area contributed by atoms with Gasteiger partial charge in [-0.15, -0.1) is 11.8 Å². The molecule has 1 aromatic rings. The molecule has 25 heavy (non-hydrogen) atoms. The minimum Gasteiger partial charge on any atom is -0.383 e. The maximum atomic E-state index is 12.8. The van der Waals surface area contributed by atoms with E-state index in [4.69, 9.17) is 5.73 Å². The Morgan fingerprint density at radius 2 is 1.96 bits per heavy atom. The summed E-state index contributed by atoms with van der Waals surface area (Å²) in [6.45, 7) is 0. The van der Waals surface area contributed by atoms with Gasteiger partial charge in [0.05, 0.1) is 17.6 Å². The number of nitrogens with two attached hydrogens (primary N) is 1. The van der Waals surface area contributed by atoms with Crippen LogP contribution >= 0.6 is 11.8 Å². The molecule has 2 N–H and O–H groups in total. The van der Waals surface area contributed by atoms with Gasteiger partial charge >= 0.3 is 0 Å². The second-order valence-corrected chi connectivity index (χ2v) is 7.29. The van der Waals surface area contributed by atoms with Gasteiger partial charge in [-0.05, 0) is 36.8 Å². The quantitative estimate of drug-likeness (QED) is 0.841. The van der Waals surface area contributed by atoms with Crippen molar-refractivity contribution in [2.24, 2.45) is 5.73 Å². The number of thioether (sulfide) groups is 1. The van der Waals surface area contributed by atoms with Crippen LogP contribution in [0.2, 0.25) is 0 Å². The Labute approximate surface area is 152 Å². The molecule has 6 heteroatoms. The molecule has 1 aliphatic carbocycles. The maximum Gasteiger partial charge on any atom is 0.161 e. The van der Waals surface area contributed by atoms with Gasteiger partial charge in [-0.2, -0.15) is 5.26 Å². The summed E-state index contributed by atoms with van der Waals surface area (Å²) in [5.74, 6) is 0.159. The number of ketones is 1. The van der Waals surface area contributed by atoms with Gasteiger partial charge in [0.2, 0.25) is 0 Å². The molecule has 130 valence electrons. The molecule has 0 unspecified atom stereocenters. The van der Waals surface area contributed by atoms with Crippen LogP contribution in [0.4, 0.5) is 0 Å². The summed E-state index contributed by atoms with van der Waals surface area (Å²) in [4.78, 5) is 13.9. The normalized spacial score (nSPS) is 20.8. The van der Waals surface area contributed by atoms with Crippen molar-refractivity contribution in [1.29, 1.82) is 5.26 Å². The molecule has 0 saturated heterocycles. The summed E-state index contributed by atoms with van der Waals surface area (Å²) in [6.07, 6.45) is 4.15. The Morgan fingerprint density at radius 1 is 1.28 bits per heavy atom. The van der Waals surface area contributed by atoms with Crippen molar-refractivity contribution in [1.82, 2.24) is 10.0 Å². The number of Topliss-reactive ketones (excluding diaryl/α,β-unsaturated/α-hetero) is 1. The van der Waals surface area contributed by atoms with Crippen molar-refractivity contribution in [3.8, 4) is 6.07 Å². The van der Waals surface area contributed by atoms with Gasteiger partial charge < -0.3 is 5.73 Å². The number of hydrogen-bond donors (Lipinski definition) is 1. The smallest absolute Gasteiger partial charge is 0.161 e. The fourth-order valence-corrected chi connectivity index (χ4v) is 4.06. The van der Waals surface area contributed by atoms with Crippen LogP contribution in [0, 0.1) is 11.3 Å². The minimum atomic E-state index is -0.375. The Balaban J connectivity index is 2.21. The van der Waals surface area contributed by atoms with Gasteiger partial charge in [-0.25, -0.2) is 5.01 Å². The molecule has 5 nitrogen and oxygen atoms in total. The molecule has 1 aliphatic heterocycles. The fourth-order valence-electron chi connectivity index (χ4n) is 3.65. The summed E-state index contributed by atoms with van der Waals surface area (Å²) in [6, 6.07) is 10.3. The Kier molecular flexibility index (Phi) is 4.89. The number of allylic oxidation sites excluding steroid dienone is 3. The van der Waals surface area contributed by atoms with E-state index in [9.17, 15) is 10.1 Å². The first-order valence-corrected chi connectivity index (χ1v) is 9.49. The highest BCUT2D eigenvalue weighted by Crippen LogP contribution is 2.44. The zero-order valence-corrected chi connectivity index (χ0v) is 15.6. The van der Waals surface area contributed by atoms with Crippen LogP contribution in [0.15, 0.2) is 51.8 Å². The van der Waals surface area contributed by atoms with E-state index >= 15 is 0 Å². The van der Waals surface area contributed by atoms with Gasteiger partial charge in [0.25, 0.3) is 0 Å². The first kappa shape index (κ1) is 17.6. The summed E-state index contributed by atoms with van der Waals surface area (Å²) >= 11 is 1.66. The molecule has 2 aliphatic rings. The average molecular weight is 354 g/mol. The molecule has 1 aromatic carbocycles. The van der Waals surface area contributed by atoms with Crippen LogP contribution in [0.25, 0.3) is 0 Å². The lowest BCUT2D eigenvalue weighted by Crippen LogP contribution is -2.45. The third-order valence-electron chi connectivity index (χ3n) is 4.74. The highest BCUT2D eigenvalue weighted by molar-refractivity contribution is 7.98. The number of nitrogens with zero attached hydrogens (tertiary/aromatic N) is 3. The number of nitriles is 1. The topological polar surface area (TPSA) is 73.4 Å². The van der Waals surface area contributed by atoms with Crippen LogP contribution in [-0.2, 0) is 4.79 Å². The van der Waals surface area contributed by atoms with E-state index in [-0.39, 0.29) is 11.7 Å². The standard InChI is InChI=1S/C19H22N4OS/c1-22(2)23-15-5-4-6-16(24)18(15)17(14(11-20)19(23)21)12-7-9-13(25-3)10-8-12/h7-10,17H,4-6,21H2,1-3H3/t17-/m0/s1. The highest BCUT2D eigenvalue weighted by atomic mass is 32.2. The Bertz CT molecular complexity index is 802. The van der Waals surface area contributed by atoms with E-state index in [1.807, 2.05) is 54.6 Å². The number of hydrogen-bond acceptors (Lipinski definition) is 6. The minimum absolute atomic E-state index is 0.118. The third kappa shape index (κ3) is 2.94. The van der Waals surface area contributed by atoms with Crippen LogP contribution in [0.1, 0.15) is 30.7 Å². The molecule has 3 rings (SSSR count). The molecular weight excluding hydrogens is 332 g/mol. The predicted octanol–water partition coefficient (Wildman–Crippen LogP) is 2.99. The van der Waals surface area contributed by atoms with E-state index < -0.39 is 0 Å². The number of hydrazine groups is 1. The lowest BCUT2D eigenvalue weighted by Gasteiger charge is -2.42. The molecule has 0 radical (unpaired) electrons. The van der Waals surface area contributed by atoms with Crippen molar-refractivity contribution < 1.29 is 4.79 Å². The van der Waals surface area contributed by atoms with E-state index in [0.29, 0.717) is 17.8 Å². The summed E-state index contributed by atoms with van der Waals surface area (Å²) < 4.78 is 0. The zero-order valence-electron chi connectivity index (χ0n) is 14.7. The molecule has 0 aromatic heterocycles. The second-order valence-electron chi connectivity index (χ2n) is 6.41. The number of carbonyl (C=O) groups excluding carboxylic acids is 1. The first-order chi connectivity index (χ1) is 12.0. The van der Waals surface area contributed by atoms with Crippen molar-refractivity contribution in [2.75, 3.05) is 20.4 Å². The van der Waals surface area contributed by atoms with Gasteiger partial charge in [0, 0.05) is 36.7 Å². The van der Waals surface area contributed by atoms with E-state index in [2.05, 4.69) is 6.07 Å². The van der Waals surface area contributed by atoms with Crippen molar-refractivity contribution in [2.45, 2.75) is 30.1 Å². The van der Waals surface area contributed by atoms with Gasteiger partial charge in [0.1, 0.15) is 5.82 Å². The Hall–Kier alpha value is -2.23. The average Bonchev–Trinajstić information content (AvgIpc) is 2.60. The molecule has 0 fully saturated rings. The number of carbonyl (C=O) groups is 1. The molecule has 0 bridgehead atoms. The third-order valence-corrected chi connectivity index (χ3v) is 5.48. The summed E-state index contributed by atoms with van der Waals surface area (Å²) in [7, 11) is 3.75. The fraction of sp³-hybridized carbons (Fsp3) is 0.368. The second kappa shape index (κ2) is 6.95. The first-order valence-electron chi connectivity index (χ1n) is 8.26. The van der Waals surface area contributed by atoms with Gasteiger partial charge in [-0.3, -0.25) is 9.80 Å². The highest BCUT2D eigenvalue weighted by Gasteiger charge is 2.40. The van der Waals surface area contributed by atoms with Crippen molar-refractivity contribution in [3.05, 3.63) is 52.5 Å². The van der Waals surface area contributed by atoms with E-state index in [0.717, 1.165) is 34.6 Å². The van der Waals surface area contributed by atoms with Crippen molar-refractivity contribution in [3.63, 3.8) is 0 Å². The van der Waals surface area contributed by atoms with Crippen LogP contribution < -0.4 is 5.73 Å². The Morgan fingerprint density at radius 3 is 2.52 bits per heavy atom. The summed E-state index contributed by atoms with van der Waals surface area (Å²) in [5.41, 5.74) is 9.40. The van der Waals surface area contributed by atoms with Crippen LogP contribution in [0.3, 0.4) is 0 Å². The lowest BCUT2D eigenvalue weighted by atomic mass is 9.76. The number of rotatable bonds is 3. The number of benzene rings is 1. The predicted molar refractivity (Wildman–Crippen MR) is 99.2 cm³/mol. The van der Waals surface area contributed by atoms with E-state index in [1.54, 1.807) is 11.8 Å². The maximum absolute atomic E-state index is 12.8. The lowest BCUT2D eigenvalue weighted by molar-refractivity contribution is -0.116. The SMILES string of the molecule is CSc1ccc([C@H]2C(C#N)=C(N)N(N(C)C)C3=C2C(=O)CCC3)cc1. The van der Waals surface area contributed by atoms with Gasteiger partial charge in [-0.1, -0.05) is 12.1 Å². The molecule has 1 heterocycles. The molecule has 0 amide bonds.